The number of hydrogen-bond donors (Lipinski definition) is 2. The molecule has 2 N–H and O–H groups in total. The molecule has 0 radical (unpaired) electrons. The first kappa shape index (κ1) is 29.2. The van der Waals surface area contributed by atoms with Gasteiger partial charge in [0.1, 0.15) is 5.82 Å². The lowest BCUT2D eigenvalue weighted by Crippen LogP contribution is -2.32. The zero-order valence-corrected chi connectivity index (χ0v) is 24.5. The van der Waals surface area contributed by atoms with Crippen LogP contribution in [-0.2, 0) is 17.9 Å². The molecule has 2 aromatic carbocycles. The van der Waals surface area contributed by atoms with E-state index in [1.54, 1.807) is 35.2 Å². The van der Waals surface area contributed by atoms with E-state index in [1.807, 2.05) is 13.0 Å². The second kappa shape index (κ2) is 13.1. The van der Waals surface area contributed by atoms with Crippen LogP contribution in [0.2, 0.25) is 0 Å². The number of aromatic amines is 1. The van der Waals surface area contributed by atoms with Crippen LogP contribution in [0.4, 0.5) is 4.39 Å². The van der Waals surface area contributed by atoms with Crippen LogP contribution in [0.3, 0.4) is 0 Å². The van der Waals surface area contributed by atoms with Gasteiger partial charge in [-0.15, -0.1) is 0 Å². The van der Waals surface area contributed by atoms with Gasteiger partial charge in [-0.1, -0.05) is 43.5 Å². The van der Waals surface area contributed by atoms with Crippen molar-refractivity contribution in [2.24, 2.45) is 0 Å². The fourth-order valence-corrected chi connectivity index (χ4v) is 5.63. The first-order chi connectivity index (χ1) is 20.3. The molecule has 0 spiro atoms. The van der Waals surface area contributed by atoms with Crippen LogP contribution in [0, 0.1) is 5.82 Å². The fourth-order valence-electron chi connectivity index (χ4n) is 5.63. The minimum absolute atomic E-state index is 0.112. The summed E-state index contributed by atoms with van der Waals surface area (Å²) in [5.41, 5.74) is 5.15. The highest BCUT2D eigenvalue weighted by Crippen LogP contribution is 2.26. The zero-order chi connectivity index (χ0) is 29.6. The first-order valence-electron chi connectivity index (χ1n) is 14.6. The van der Waals surface area contributed by atoms with E-state index in [1.165, 1.54) is 62.9 Å². The fraction of sp³-hybridized carbons (Fsp3) is 0.324. The SMILES string of the molecule is C/C=C(\C=C(/C(C)=O)c1cc2cc(CN(C)C3CCCCC3)ccc2[nH]1)NC(=O)c1cnn(Cc2ccc(F)cc2)c1. The summed E-state index contributed by atoms with van der Waals surface area (Å²) in [5, 5.41) is 8.20. The number of benzene rings is 2. The highest BCUT2D eigenvalue weighted by atomic mass is 19.1. The Morgan fingerprint density at radius 2 is 1.83 bits per heavy atom. The van der Waals surface area contributed by atoms with E-state index in [-0.39, 0.29) is 17.5 Å². The van der Waals surface area contributed by atoms with E-state index in [9.17, 15) is 14.0 Å². The molecule has 1 saturated carbocycles. The van der Waals surface area contributed by atoms with Crippen LogP contribution >= 0.6 is 0 Å². The average Bonchev–Trinajstić information content (AvgIpc) is 3.63. The number of amides is 1. The van der Waals surface area contributed by atoms with Gasteiger partial charge in [0.15, 0.2) is 5.78 Å². The van der Waals surface area contributed by atoms with Gasteiger partial charge in [-0.2, -0.15) is 5.10 Å². The summed E-state index contributed by atoms with van der Waals surface area (Å²) in [6.07, 6.45) is 13.1. The summed E-state index contributed by atoms with van der Waals surface area (Å²) in [6, 6.07) is 15.2. The molecule has 2 aromatic heterocycles. The Kier molecular flexibility index (Phi) is 9.12. The van der Waals surface area contributed by atoms with E-state index in [0.717, 1.165) is 23.0 Å². The second-order valence-electron chi connectivity index (χ2n) is 11.2. The second-order valence-corrected chi connectivity index (χ2v) is 11.2. The van der Waals surface area contributed by atoms with Gasteiger partial charge in [0.05, 0.1) is 24.0 Å². The largest absolute Gasteiger partial charge is 0.354 e. The lowest BCUT2D eigenvalue weighted by molar-refractivity contribution is -0.111. The summed E-state index contributed by atoms with van der Waals surface area (Å²) in [5.74, 6) is -0.749. The van der Waals surface area contributed by atoms with Gasteiger partial charge < -0.3 is 10.3 Å². The average molecular weight is 568 g/mol. The summed E-state index contributed by atoms with van der Waals surface area (Å²) in [4.78, 5) is 31.6. The van der Waals surface area contributed by atoms with Gasteiger partial charge in [-0.05, 0) is 81.3 Å². The van der Waals surface area contributed by atoms with Crippen molar-refractivity contribution in [3.63, 3.8) is 0 Å². The Balaban J connectivity index is 1.29. The molecule has 7 nitrogen and oxygen atoms in total. The van der Waals surface area contributed by atoms with Crippen molar-refractivity contribution < 1.29 is 14.0 Å². The Morgan fingerprint density at radius 3 is 2.55 bits per heavy atom. The number of Topliss-reactive ketones (excluding diaryl/α,β-unsaturated/α-hetero) is 1. The van der Waals surface area contributed by atoms with E-state index < -0.39 is 0 Å². The number of hydrogen-bond acceptors (Lipinski definition) is 4. The number of rotatable bonds is 10. The van der Waals surface area contributed by atoms with Crippen molar-refractivity contribution in [1.82, 2.24) is 25.0 Å². The number of allylic oxidation sites excluding steroid dienone is 3. The molecular weight excluding hydrogens is 529 g/mol. The molecule has 2 heterocycles. The predicted molar refractivity (Wildman–Crippen MR) is 164 cm³/mol. The number of carbonyl (C=O) groups excluding carboxylic acids is 2. The lowest BCUT2D eigenvalue weighted by Gasteiger charge is -2.31. The van der Waals surface area contributed by atoms with Crippen molar-refractivity contribution in [2.75, 3.05) is 7.05 Å². The molecule has 42 heavy (non-hydrogen) atoms. The molecule has 1 fully saturated rings. The van der Waals surface area contributed by atoms with Gasteiger partial charge in [0.2, 0.25) is 0 Å². The number of fused-ring (bicyclic) bond motifs is 1. The maximum absolute atomic E-state index is 13.2. The Hall–Kier alpha value is -4.30. The first-order valence-corrected chi connectivity index (χ1v) is 14.6. The summed E-state index contributed by atoms with van der Waals surface area (Å²) >= 11 is 0. The minimum atomic E-state index is -0.337. The Bertz CT molecular complexity index is 1620. The van der Waals surface area contributed by atoms with Crippen molar-refractivity contribution in [3.8, 4) is 0 Å². The number of carbonyl (C=O) groups is 2. The van der Waals surface area contributed by atoms with Crippen LogP contribution < -0.4 is 5.32 Å². The summed E-state index contributed by atoms with van der Waals surface area (Å²) < 4.78 is 14.8. The molecule has 0 saturated heterocycles. The summed E-state index contributed by atoms with van der Waals surface area (Å²) in [7, 11) is 2.21. The minimum Gasteiger partial charge on any atom is -0.354 e. The predicted octanol–water partition coefficient (Wildman–Crippen LogP) is 6.62. The molecule has 8 heteroatoms. The molecule has 1 aliphatic carbocycles. The third kappa shape index (κ3) is 7.12. The van der Waals surface area contributed by atoms with Crippen LogP contribution in [0.1, 0.15) is 73.1 Å². The topological polar surface area (TPSA) is 83.0 Å². The highest BCUT2D eigenvalue weighted by Gasteiger charge is 2.19. The van der Waals surface area contributed by atoms with E-state index in [0.29, 0.717) is 35.1 Å². The van der Waals surface area contributed by atoms with Crippen LogP contribution in [-0.4, -0.2) is 44.4 Å². The molecule has 1 amide bonds. The normalized spacial score (nSPS) is 15.0. The molecule has 218 valence electrons. The van der Waals surface area contributed by atoms with Crippen molar-refractivity contribution in [1.29, 1.82) is 0 Å². The number of nitrogens with zero attached hydrogens (tertiary/aromatic N) is 3. The van der Waals surface area contributed by atoms with Crippen molar-refractivity contribution in [2.45, 2.75) is 65.1 Å². The number of halogens is 1. The van der Waals surface area contributed by atoms with E-state index >= 15 is 0 Å². The highest BCUT2D eigenvalue weighted by molar-refractivity contribution is 6.20. The maximum Gasteiger partial charge on any atom is 0.258 e. The zero-order valence-electron chi connectivity index (χ0n) is 24.5. The number of nitrogens with one attached hydrogen (secondary N) is 2. The molecule has 0 aliphatic heterocycles. The van der Waals surface area contributed by atoms with Crippen LogP contribution in [0.25, 0.3) is 16.5 Å². The standard InChI is InChI=1S/C34H38FN5O2/c1-4-29(37-34(42)27-19-36-40(22-27)21-24-10-13-28(35)14-11-24)18-31(23(2)41)33-17-26-16-25(12-15-32(26)38-33)20-39(3)30-8-6-5-7-9-30/h4,10-19,22,30,38H,5-9,20-21H2,1-3H3,(H,37,42)/b29-4+,31-18+. The smallest absolute Gasteiger partial charge is 0.258 e. The van der Waals surface area contributed by atoms with Gasteiger partial charge in [0, 0.05) is 41.0 Å². The third-order valence-corrected chi connectivity index (χ3v) is 8.01. The number of ketones is 1. The van der Waals surface area contributed by atoms with Crippen LogP contribution in [0.15, 0.2) is 78.8 Å². The van der Waals surface area contributed by atoms with Gasteiger partial charge in [-0.3, -0.25) is 19.2 Å². The van der Waals surface area contributed by atoms with Crippen LogP contribution in [0.5, 0.6) is 0 Å². The summed E-state index contributed by atoms with van der Waals surface area (Å²) in [6.45, 7) is 4.64. The molecular formula is C34H38FN5O2. The maximum atomic E-state index is 13.2. The van der Waals surface area contributed by atoms with Gasteiger partial charge in [-0.25, -0.2) is 4.39 Å². The third-order valence-electron chi connectivity index (χ3n) is 8.01. The Morgan fingerprint density at radius 1 is 1.10 bits per heavy atom. The lowest BCUT2D eigenvalue weighted by atomic mass is 9.94. The quantitative estimate of drug-likeness (QED) is 0.167. The molecule has 5 rings (SSSR count). The number of aromatic nitrogens is 3. The number of H-pyrrole nitrogens is 1. The molecule has 0 unspecified atom stereocenters. The van der Waals surface area contributed by atoms with Gasteiger partial charge >= 0.3 is 0 Å². The van der Waals surface area contributed by atoms with Crippen molar-refractivity contribution in [3.05, 3.63) is 107 Å². The molecule has 0 atom stereocenters. The Labute approximate surface area is 246 Å². The monoisotopic (exact) mass is 567 g/mol. The van der Waals surface area contributed by atoms with E-state index in [4.69, 9.17) is 0 Å². The molecule has 4 aromatic rings. The molecule has 0 bridgehead atoms. The van der Waals surface area contributed by atoms with Crippen molar-refractivity contribution >= 4 is 28.2 Å². The molecule has 1 aliphatic rings. The van der Waals surface area contributed by atoms with Gasteiger partial charge in [0.25, 0.3) is 5.91 Å². The van der Waals surface area contributed by atoms with E-state index in [2.05, 4.69) is 45.5 Å².